The van der Waals surface area contributed by atoms with E-state index in [1.807, 2.05) is 31.2 Å². The zero-order chi connectivity index (χ0) is 14.0. The second-order valence-electron chi connectivity index (χ2n) is 4.22. The van der Waals surface area contributed by atoms with Gasteiger partial charge in [0.15, 0.2) is 0 Å². The molecule has 0 spiro atoms. The molecule has 0 fully saturated rings. The highest BCUT2D eigenvalue weighted by Gasteiger charge is 2.13. The molecule has 0 atom stereocenters. The molecule has 4 nitrogen and oxygen atoms in total. The molecule has 0 bridgehead atoms. The van der Waals surface area contributed by atoms with E-state index in [2.05, 4.69) is 0 Å². The van der Waals surface area contributed by atoms with E-state index >= 15 is 0 Å². The number of aryl methyl sites for hydroxylation is 1. The van der Waals surface area contributed by atoms with E-state index in [1.54, 1.807) is 0 Å². The lowest BCUT2D eigenvalue weighted by molar-refractivity contribution is 0.0696. The first-order valence-corrected chi connectivity index (χ1v) is 5.66. The van der Waals surface area contributed by atoms with Crippen LogP contribution in [0.5, 0.6) is 0 Å². The zero-order valence-corrected chi connectivity index (χ0v) is 10.3. The van der Waals surface area contributed by atoms with E-state index in [1.165, 1.54) is 12.1 Å². The Morgan fingerprint density at radius 1 is 0.895 bits per heavy atom. The lowest BCUT2D eigenvalue weighted by Crippen LogP contribution is -2.03. The first-order valence-electron chi connectivity index (χ1n) is 5.66. The third-order valence-electron chi connectivity index (χ3n) is 2.88. The van der Waals surface area contributed by atoms with E-state index in [0.717, 1.165) is 17.2 Å². The Hall–Kier alpha value is -2.62. The maximum absolute atomic E-state index is 11.1. The predicted molar refractivity (Wildman–Crippen MR) is 70.5 cm³/mol. The van der Waals surface area contributed by atoms with Gasteiger partial charge in [-0.15, -0.1) is 0 Å². The van der Waals surface area contributed by atoms with Crippen molar-refractivity contribution in [3.63, 3.8) is 0 Å². The summed E-state index contributed by atoms with van der Waals surface area (Å²) in [6, 6.07) is 11.6. The third kappa shape index (κ3) is 2.63. The molecule has 0 aliphatic carbocycles. The van der Waals surface area contributed by atoms with Crippen LogP contribution in [0.2, 0.25) is 0 Å². The van der Waals surface area contributed by atoms with Crippen LogP contribution in [0.25, 0.3) is 11.1 Å². The Morgan fingerprint density at radius 2 is 1.42 bits per heavy atom. The van der Waals surface area contributed by atoms with Gasteiger partial charge in [0.1, 0.15) is 0 Å². The summed E-state index contributed by atoms with van der Waals surface area (Å²) in [4.78, 5) is 22.1. The summed E-state index contributed by atoms with van der Waals surface area (Å²) < 4.78 is 0. The van der Waals surface area contributed by atoms with Gasteiger partial charge in [-0.2, -0.15) is 0 Å². The highest BCUT2D eigenvalue weighted by Crippen LogP contribution is 2.25. The largest absolute Gasteiger partial charge is 0.478 e. The van der Waals surface area contributed by atoms with E-state index in [-0.39, 0.29) is 11.1 Å². The van der Waals surface area contributed by atoms with Crippen molar-refractivity contribution in [3.8, 4) is 11.1 Å². The van der Waals surface area contributed by atoms with Gasteiger partial charge in [0.25, 0.3) is 0 Å². The Morgan fingerprint density at radius 3 is 1.89 bits per heavy atom. The first-order chi connectivity index (χ1) is 8.99. The molecule has 2 aromatic rings. The number of carboxylic acids is 2. The number of rotatable bonds is 3. The topological polar surface area (TPSA) is 74.6 Å². The van der Waals surface area contributed by atoms with E-state index < -0.39 is 11.9 Å². The number of carbonyl (C=O) groups is 2. The molecule has 96 valence electrons. The molecular weight excluding hydrogens is 244 g/mol. The average molecular weight is 256 g/mol. The van der Waals surface area contributed by atoms with Crippen LogP contribution < -0.4 is 0 Å². The summed E-state index contributed by atoms with van der Waals surface area (Å²) in [5.74, 6) is -2.28. The summed E-state index contributed by atoms with van der Waals surface area (Å²) in [5.41, 5.74) is 2.32. The maximum Gasteiger partial charge on any atom is 0.335 e. The molecule has 19 heavy (non-hydrogen) atoms. The van der Waals surface area contributed by atoms with Gasteiger partial charge in [-0.25, -0.2) is 9.59 Å². The normalized spacial score (nSPS) is 10.2. The number of hydrogen-bond donors (Lipinski definition) is 2. The third-order valence-corrected chi connectivity index (χ3v) is 2.88. The summed E-state index contributed by atoms with van der Waals surface area (Å²) >= 11 is 0. The van der Waals surface area contributed by atoms with Gasteiger partial charge < -0.3 is 10.2 Å². The molecule has 2 aromatic carbocycles. The minimum absolute atomic E-state index is 0.0295. The van der Waals surface area contributed by atoms with Crippen molar-refractivity contribution in [1.82, 2.24) is 0 Å². The second-order valence-corrected chi connectivity index (χ2v) is 4.22. The number of hydrogen-bond acceptors (Lipinski definition) is 2. The minimum Gasteiger partial charge on any atom is -0.478 e. The Kier molecular flexibility index (Phi) is 3.33. The van der Waals surface area contributed by atoms with Crippen molar-refractivity contribution in [3.05, 3.63) is 59.2 Å². The van der Waals surface area contributed by atoms with Crippen LogP contribution >= 0.6 is 0 Å². The monoisotopic (exact) mass is 256 g/mol. The first kappa shape index (κ1) is 12.8. The van der Waals surface area contributed by atoms with Crippen molar-refractivity contribution >= 4 is 11.9 Å². The Balaban J connectivity index is 2.67. The molecule has 0 unspecified atom stereocenters. The molecule has 0 radical (unpaired) electrons. The summed E-state index contributed by atoms with van der Waals surface area (Å²) in [6.45, 7) is 1.89. The van der Waals surface area contributed by atoms with Gasteiger partial charge in [-0.1, -0.05) is 24.3 Å². The fourth-order valence-electron chi connectivity index (χ4n) is 1.93. The van der Waals surface area contributed by atoms with Gasteiger partial charge in [0, 0.05) is 0 Å². The van der Waals surface area contributed by atoms with E-state index in [4.69, 9.17) is 10.2 Å². The highest BCUT2D eigenvalue weighted by atomic mass is 16.4. The lowest BCUT2D eigenvalue weighted by atomic mass is 9.96. The van der Waals surface area contributed by atoms with Crippen LogP contribution in [0.1, 0.15) is 26.3 Å². The molecule has 0 aromatic heterocycles. The van der Waals surface area contributed by atoms with Crippen LogP contribution in [0.15, 0.2) is 42.5 Å². The van der Waals surface area contributed by atoms with Crippen LogP contribution in [-0.4, -0.2) is 22.2 Å². The summed E-state index contributed by atoms with van der Waals surface area (Å²) in [7, 11) is 0. The number of benzene rings is 2. The average Bonchev–Trinajstić information content (AvgIpc) is 2.38. The van der Waals surface area contributed by atoms with Crippen molar-refractivity contribution in [2.45, 2.75) is 6.92 Å². The predicted octanol–water partition coefficient (Wildman–Crippen LogP) is 3.06. The maximum atomic E-state index is 11.1. The van der Waals surface area contributed by atoms with Crippen molar-refractivity contribution in [2.24, 2.45) is 0 Å². The molecule has 4 heteroatoms. The molecule has 0 amide bonds. The fourth-order valence-corrected chi connectivity index (χ4v) is 1.93. The number of aromatic carboxylic acids is 2. The SMILES string of the molecule is Cc1ccccc1-c1cc(C(=O)O)cc(C(=O)O)c1. The van der Waals surface area contributed by atoms with Gasteiger partial charge >= 0.3 is 11.9 Å². The van der Waals surface area contributed by atoms with Crippen LogP contribution in [-0.2, 0) is 0 Å². The fraction of sp³-hybridized carbons (Fsp3) is 0.0667. The minimum atomic E-state index is -1.14. The van der Waals surface area contributed by atoms with E-state index in [9.17, 15) is 9.59 Å². The van der Waals surface area contributed by atoms with Gasteiger partial charge in [-0.05, 0) is 41.8 Å². The van der Waals surface area contributed by atoms with Gasteiger partial charge in [-0.3, -0.25) is 0 Å². The second kappa shape index (κ2) is 4.94. The summed E-state index contributed by atoms with van der Waals surface area (Å²) in [6.07, 6.45) is 0. The van der Waals surface area contributed by atoms with E-state index in [0.29, 0.717) is 5.56 Å². The van der Waals surface area contributed by atoms with Crippen LogP contribution in [0, 0.1) is 6.92 Å². The molecule has 2 N–H and O–H groups in total. The molecule has 0 aliphatic rings. The summed E-state index contributed by atoms with van der Waals surface area (Å²) in [5, 5.41) is 18.1. The van der Waals surface area contributed by atoms with Crippen LogP contribution in [0.4, 0.5) is 0 Å². The molecular formula is C15H12O4. The zero-order valence-electron chi connectivity index (χ0n) is 10.3. The molecule has 2 rings (SSSR count). The molecule has 0 aliphatic heterocycles. The smallest absolute Gasteiger partial charge is 0.335 e. The van der Waals surface area contributed by atoms with Gasteiger partial charge in [0.05, 0.1) is 11.1 Å². The Bertz CT molecular complexity index is 627. The van der Waals surface area contributed by atoms with Crippen molar-refractivity contribution in [2.75, 3.05) is 0 Å². The van der Waals surface area contributed by atoms with Crippen LogP contribution in [0.3, 0.4) is 0 Å². The lowest BCUT2D eigenvalue weighted by Gasteiger charge is -2.08. The molecule has 0 saturated carbocycles. The molecule has 0 saturated heterocycles. The van der Waals surface area contributed by atoms with Gasteiger partial charge in [0.2, 0.25) is 0 Å². The standard InChI is InChI=1S/C15H12O4/c1-9-4-2-3-5-13(9)10-6-11(14(16)17)8-12(7-10)15(18)19/h2-8H,1H3,(H,16,17)(H,18,19). The van der Waals surface area contributed by atoms with Crippen molar-refractivity contribution < 1.29 is 19.8 Å². The quantitative estimate of drug-likeness (QED) is 0.885. The molecule has 0 heterocycles. The highest BCUT2D eigenvalue weighted by molar-refractivity contribution is 5.96. The van der Waals surface area contributed by atoms with Crippen molar-refractivity contribution in [1.29, 1.82) is 0 Å². The Labute approximate surface area is 109 Å². The number of carboxylic acid groups (broad SMARTS) is 2.